The van der Waals surface area contributed by atoms with Gasteiger partial charge < -0.3 is 25.3 Å². The van der Waals surface area contributed by atoms with Gasteiger partial charge in [0.25, 0.3) is 0 Å². The summed E-state index contributed by atoms with van der Waals surface area (Å²) in [6.45, 7) is 2.66. The Bertz CT molecular complexity index is 603. The molecule has 1 aromatic heterocycles. The summed E-state index contributed by atoms with van der Waals surface area (Å²) in [7, 11) is 0. The normalized spacial score (nSPS) is 12.8. The van der Waals surface area contributed by atoms with Gasteiger partial charge in [-0.3, -0.25) is 0 Å². The molecule has 0 radical (unpaired) electrons. The van der Waals surface area contributed by atoms with E-state index in [4.69, 9.17) is 19.9 Å². The molecule has 2 aromatic rings. The number of nitrogens with one attached hydrogen (secondary N) is 1. The zero-order valence-electron chi connectivity index (χ0n) is 11.1. The van der Waals surface area contributed by atoms with E-state index in [1.807, 2.05) is 18.2 Å². The zero-order chi connectivity index (χ0) is 13.8. The standard InChI is InChI=1S/C14H17N3O3/c15-2-5-18-6-4-17-14-11-8-13-12(19-9-20-13)7-10(11)1-3-16-14/h1,3,7-8H,2,4-6,9,15H2,(H,16,17). The second kappa shape index (κ2) is 5.94. The van der Waals surface area contributed by atoms with Gasteiger partial charge in [-0.05, 0) is 23.6 Å². The maximum Gasteiger partial charge on any atom is 0.231 e. The Kier molecular flexibility index (Phi) is 3.85. The Hall–Kier alpha value is -2.05. The molecule has 0 atom stereocenters. The van der Waals surface area contributed by atoms with E-state index in [-0.39, 0.29) is 6.79 Å². The van der Waals surface area contributed by atoms with E-state index >= 15 is 0 Å². The summed E-state index contributed by atoms with van der Waals surface area (Å²) in [6, 6.07) is 5.87. The number of pyridine rings is 1. The molecule has 0 saturated heterocycles. The first-order valence-electron chi connectivity index (χ1n) is 6.58. The minimum absolute atomic E-state index is 0.273. The summed E-state index contributed by atoms with van der Waals surface area (Å²) in [5.41, 5.74) is 5.36. The third-order valence-corrected chi connectivity index (χ3v) is 3.06. The van der Waals surface area contributed by atoms with E-state index in [9.17, 15) is 0 Å². The van der Waals surface area contributed by atoms with Gasteiger partial charge in [-0.2, -0.15) is 0 Å². The summed E-state index contributed by atoms with van der Waals surface area (Å²) in [5.74, 6) is 2.35. The highest BCUT2D eigenvalue weighted by atomic mass is 16.7. The summed E-state index contributed by atoms with van der Waals surface area (Å²) in [5, 5.41) is 5.34. The largest absolute Gasteiger partial charge is 0.454 e. The summed E-state index contributed by atoms with van der Waals surface area (Å²) in [6.07, 6.45) is 1.77. The smallest absolute Gasteiger partial charge is 0.231 e. The minimum Gasteiger partial charge on any atom is -0.454 e. The maximum absolute atomic E-state index is 5.40. The van der Waals surface area contributed by atoms with Crippen LogP contribution in [0.25, 0.3) is 10.8 Å². The quantitative estimate of drug-likeness (QED) is 0.775. The van der Waals surface area contributed by atoms with Gasteiger partial charge in [0.1, 0.15) is 5.82 Å². The van der Waals surface area contributed by atoms with Crippen molar-refractivity contribution >= 4 is 16.6 Å². The zero-order valence-corrected chi connectivity index (χ0v) is 11.1. The fourth-order valence-electron chi connectivity index (χ4n) is 2.13. The molecule has 1 aliphatic rings. The van der Waals surface area contributed by atoms with Crippen molar-refractivity contribution in [3.8, 4) is 11.5 Å². The van der Waals surface area contributed by atoms with E-state index < -0.39 is 0 Å². The Morgan fingerprint density at radius 1 is 1.25 bits per heavy atom. The van der Waals surface area contributed by atoms with Crippen molar-refractivity contribution in [1.29, 1.82) is 0 Å². The molecule has 0 spiro atoms. The number of fused-ring (bicyclic) bond motifs is 2. The predicted molar refractivity (Wildman–Crippen MR) is 76.2 cm³/mol. The second-order valence-corrected chi connectivity index (χ2v) is 4.41. The lowest BCUT2D eigenvalue weighted by atomic mass is 10.1. The van der Waals surface area contributed by atoms with Gasteiger partial charge in [0.2, 0.25) is 6.79 Å². The van der Waals surface area contributed by atoms with E-state index in [0.717, 1.165) is 28.1 Å². The first kappa shape index (κ1) is 13.0. The van der Waals surface area contributed by atoms with Gasteiger partial charge >= 0.3 is 0 Å². The molecule has 0 amide bonds. The van der Waals surface area contributed by atoms with Crippen molar-refractivity contribution in [3.63, 3.8) is 0 Å². The molecule has 0 aliphatic carbocycles. The first-order chi connectivity index (χ1) is 9.88. The Balaban J connectivity index is 1.77. The van der Waals surface area contributed by atoms with Crippen molar-refractivity contribution in [2.45, 2.75) is 0 Å². The van der Waals surface area contributed by atoms with Gasteiger partial charge in [-0.15, -0.1) is 0 Å². The summed E-state index contributed by atoms with van der Waals surface area (Å²) in [4.78, 5) is 4.36. The first-order valence-corrected chi connectivity index (χ1v) is 6.58. The average molecular weight is 275 g/mol. The number of nitrogens with two attached hydrogens (primary N) is 1. The van der Waals surface area contributed by atoms with Gasteiger partial charge in [0, 0.05) is 24.7 Å². The highest BCUT2D eigenvalue weighted by molar-refractivity contribution is 5.94. The van der Waals surface area contributed by atoms with Crippen LogP contribution in [-0.4, -0.2) is 38.1 Å². The van der Waals surface area contributed by atoms with Crippen molar-refractivity contribution in [1.82, 2.24) is 4.98 Å². The fourth-order valence-corrected chi connectivity index (χ4v) is 2.13. The summed E-state index contributed by atoms with van der Waals surface area (Å²) >= 11 is 0. The molecule has 0 unspecified atom stereocenters. The van der Waals surface area contributed by atoms with Gasteiger partial charge in [-0.25, -0.2) is 4.98 Å². The fraction of sp³-hybridized carbons (Fsp3) is 0.357. The van der Waals surface area contributed by atoms with Crippen molar-refractivity contribution in [2.24, 2.45) is 5.73 Å². The van der Waals surface area contributed by atoms with Crippen LogP contribution >= 0.6 is 0 Å². The highest BCUT2D eigenvalue weighted by Crippen LogP contribution is 2.37. The SMILES string of the molecule is NCCOCCNc1nccc2cc3c(cc12)OCO3. The second-order valence-electron chi connectivity index (χ2n) is 4.41. The van der Waals surface area contributed by atoms with E-state index in [2.05, 4.69) is 10.3 Å². The van der Waals surface area contributed by atoms with Crippen LogP contribution in [0.3, 0.4) is 0 Å². The number of hydrogen-bond donors (Lipinski definition) is 2. The van der Waals surface area contributed by atoms with Gasteiger partial charge in [0.05, 0.1) is 13.2 Å². The maximum atomic E-state index is 5.40. The number of anilines is 1. The molecule has 1 aromatic carbocycles. The third-order valence-electron chi connectivity index (χ3n) is 3.06. The molecule has 106 valence electrons. The monoisotopic (exact) mass is 275 g/mol. The highest BCUT2D eigenvalue weighted by Gasteiger charge is 2.15. The van der Waals surface area contributed by atoms with Crippen molar-refractivity contribution in [2.75, 3.05) is 38.4 Å². The number of hydrogen-bond acceptors (Lipinski definition) is 6. The number of nitrogens with zero attached hydrogens (tertiary/aromatic N) is 1. The number of rotatable bonds is 6. The van der Waals surface area contributed by atoms with Crippen LogP contribution in [0.2, 0.25) is 0 Å². The van der Waals surface area contributed by atoms with E-state index in [1.54, 1.807) is 6.20 Å². The molecule has 3 rings (SSSR count). The van der Waals surface area contributed by atoms with E-state index in [1.165, 1.54) is 0 Å². The minimum atomic E-state index is 0.273. The molecular formula is C14H17N3O3. The van der Waals surface area contributed by atoms with E-state index in [0.29, 0.717) is 26.3 Å². The topological polar surface area (TPSA) is 78.6 Å². The van der Waals surface area contributed by atoms with Crippen LogP contribution in [0.5, 0.6) is 11.5 Å². The lowest BCUT2D eigenvalue weighted by Crippen LogP contribution is -2.14. The van der Waals surface area contributed by atoms with Crippen LogP contribution in [0.15, 0.2) is 24.4 Å². The lowest BCUT2D eigenvalue weighted by molar-refractivity contribution is 0.151. The Morgan fingerprint density at radius 2 is 2.10 bits per heavy atom. The van der Waals surface area contributed by atoms with Crippen LogP contribution in [0, 0.1) is 0 Å². The van der Waals surface area contributed by atoms with Gasteiger partial charge in [0.15, 0.2) is 11.5 Å². The van der Waals surface area contributed by atoms with Crippen LogP contribution in [0.4, 0.5) is 5.82 Å². The average Bonchev–Trinajstić information content (AvgIpc) is 2.92. The Morgan fingerprint density at radius 3 is 2.95 bits per heavy atom. The molecule has 6 heteroatoms. The predicted octanol–water partition coefficient (Wildman–Crippen LogP) is 1.35. The van der Waals surface area contributed by atoms with Crippen molar-refractivity contribution < 1.29 is 14.2 Å². The number of aromatic nitrogens is 1. The number of ether oxygens (including phenoxy) is 3. The van der Waals surface area contributed by atoms with Gasteiger partial charge in [-0.1, -0.05) is 0 Å². The molecule has 0 fully saturated rings. The molecule has 20 heavy (non-hydrogen) atoms. The van der Waals surface area contributed by atoms with Crippen molar-refractivity contribution in [3.05, 3.63) is 24.4 Å². The Labute approximate surface area is 116 Å². The third kappa shape index (κ3) is 2.61. The molecule has 6 nitrogen and oxygen atoms in total. The van der Waals surface area contributed by atoms with Crippen LogP contribution in [0.1, 0.15) is 0 Å². The molecule has 3 N–H and O–H groups in total. The molecular weight excluding hydrogens is 258 g/mol. The lowest BCUT2D eigenvalue weighted by Gasteiger charge is -2.09. The summed E-state index contributed by atoms with van der Waals surface area (Å²) < 4.78 is 16.1. The van der Waals surface area contributed by atoms with Crippen LogP contribution in [-0.2, 0) is 4.74 Å². The number of benzene rings is 1. The molecule has 0 bridgehead atoms. The molecule has 1 aliphatic heterocycles. The molecule has 0 saturated carbocycles. The van der Waals surface area contributed by atoms with Crippen LogP contribution < -0.4 is 20.5 Å². The molecule has 2 heterocycles.